The van der Waals surface area contributed by atoms with Gasteiger partial charge in [-0.2, -0.15) is 4.31 Å². The summed E-state index contributed by atoms with van der Waals surface area (Å²) >= 11 is 0. The van der Waals surface area contributed by atoms with Gasteiger partial charge in [0.15, 0.2) is 0 Å². The number of aliphatic hydroxyl groups excluding tert-OH is 1. The summed E-state index contributed by atoms with van der Waals surface area (Å²) in [6.45, 7) is 6.67. The van der Waals surface area contributed by atoms with Gasteiger partial charge in [0.25, 0.3) is 0 Å². The van der Waals surface area contributed by atoms with Crippen LogP contribution in [0.25, 0.3) is 0 Å². The minimum absolute atomic E-state index is 0.00354. The molecule has 1 saturated heterocycles. The second-order valence-corrected chi connectivity index (χ2v) is 8.26. The van der Waals surface area contributed by atoms with Crippen molar-refractivity contribution in [2.24, 2.45) is 0 Å². The zero-order chi connectivity index (χ0) is 15.0. The quantitative estimate of drug-likeness (QED) is 0.930. The van der Waals surface area contributed by atoms with Crippen molar-refractivity contribution in [1.82, 2.24) is 4.31 Å². The van der Waals surface area contributed by atoms with E-state index in [-0.39, 0.29) is 18.1 Å². The zero-order valence-electron chi connectivity index (χ0n) is 12.3. The summed E-state index contributed by atoms with van der Waals surface area (Å²) in [5.74, 6) is 0. The van der Waals surface area contributed by atoms with Crippen LogP contribution in [0.15, 0.2) is 29.2 Å². The SMILES string of the molecule is CC(C)(C)c1ccc(S(=O)(=O)N2CCCC2CO)cc1. The number of benzene rings is 1. The molecule has 0 saturated carbocycles. The first-order valence-electron chi connectivity index (χ1n) is 7.00. The lowest BCUT2D eigenvalue weighted by Crippen LogP contribution is -2.37. The number of aliphatic hydroxyl groups is 1. The van der Waals surface area contributed by atoms with Crippen molar-refractivity contribution >= 4 is 10.0 Å². The third kappa shape index (κ3) is 2.90. The predicted octanol–water partition coefficient (Wildman–Crippen LogP) is 2.13. The van der Waals surface area contributed by atoms with Gasteiger partial charge in [0.1, 0.15) is 0 Å². The highest BCUT2D eigenvalue weighted by Gasteiger charge is 2.34. The highest BCUT2D eigenvalue weighted by atomic mass is 32.2. The zero-order valence-corrected chi connectivity index (χ0v) is 13.2. The molecular formula is C15H23NO3S. The second kappa shape index (κ2) is 5.47. The molecule has 112 valence electrons. The van der Waals surface area contributed by atoms with E-state index in [2.05, 4.69) is 20.8 Å². The number of hydrogen-bond donors (Lipinski definition) is 1. The van der Waals surface area contributed by atoms with Crippen LogP contribution in [0, 0.1) is 0 Å². The van der Waals surface area contributed by atoms with E-state index in [9.17, 15) is 13.5 Å². The Morgan fingerprint density at radius 2 is 1.85 bits per heavy atom. The summed E-state index contributed by atoms with van der Waals surface area (Å²) < 4.78 is 26.6. The maximum Gasteiger partial charge on any atom is 0.243 e. The molecule has 1 aromatic carbocycles. The van der Waals surface area contributed by atoms with Crippen molar-refractivity contribution in [2.45, 2.75) is 50.0 Å². The molecule has 0 radical (unpaired) electrons. The first-order valence-corrected chi connectivity index (χ1v) is 8.44. The summed E-state index contributed by atoms with van der Waals surface area (Å²) in [5, 5.41) is 9.29. The van der Waals surface area contributed by atoms with Crippen LogP contribution in [0.3, 0.4) is 0 Å². The molecule has 0 spiro atoms. The molecule has 4 nitrogen and oxygen atoms in total. The van der Waals surface area contributed by atoms with Crippen molar-refractivity contribution in [2.75, 3.05) is 13.2 Å². The number of sulfonamides is 1. The van der Waals surface area contributed by atoms with E-state index in [1.54, 1.807) is 12.1 Å². The Balaban J connectivity index is 2.31. The molecule has 0 aliphatic carbocycles. The fraction of sp³-hybridized carbons (Fsp3) is 0.600. The fourth-order valence-corrected chi connectivity index (χ4v) is 4.26. The van der Waals surface area contributed by atoms with Crippen molar-refractivity contribution in [3.8, 4) is 0 Å². The molecule has 0 bridgehead atoms. The number of hydrogen-bond acceptors (Lipinski definition) is 3. The van der Waals surface area contributed by atoms with Gasteiger partial charge in [0.2, 0.25) is 10.0 Å². The predicted molar refractivity (Wildman–Crippen MR) is 79.1 cm³/mol. The van der Waals surface area contributed by atoms with Crippen LogP contribution in [0.2, 0.25) is 0 Å². The molecule has 1 fully saturated rings. The lowest BCUT2D eigenvalue weighted by molar-refractivity contribution is 0.213. The lowest BCUT2D eigenvalue weighted by Gasteiger charge is -2.23. The molecule has 1 aromatic rings. The van der Waals surface area contributed by atoms with E-state index in [0.717, 1.165) is 18.4 Å². The molecule has 0 aromatic heterocycles. The molecule has 1 aliphatic rings. The van der Waals surface area contributed by atoms with Crippen LogP contribution in [-0.2, 0) is 15.4 Å². The number of rotatable bonds is 3. The summed E-state index contributed by atoms with van der Waals surface area (Å²) in [4.78, 5) is 0.311. The van der Waals surface area contributed by atoms with Gasteiger partial charge < -0.3 is 5.11 Å². The maximum absolute atomic E-state index is 12.6. The molecule has 1 N–H and O–H groups in total. The second-order valence-electron chi connectivity index (χ2n) is 6.37. The molecule has 0 amide bonds. The largest absolute Gasteiger partial charge is 0.395 e. The Bertz CT molecular complexity index is 558. The van der Waals surface area contributed by atoms with E-state index in [1.807, 2.05) is 12.1 Å². The van der Waals surface area contributed by atoms with Gasteiger partial charge >= 0.3 is 0 Å². The molecule has 1 heterocycles. The summed E-state index contributed by atoms with van der Waals surface area (Å²) in [6, 6.07) is 6.81. The van der Waals surface area contributed by atoms with E-state index in [0.29, 0.717) is 11.4 Å². The Hall–Kier alpha value is -0.910. The van der Waals surface area contributed by atoms with Crippen molar-refractivity contribution in [3.05, 3.63) is 29.8 Å². The molecule has 1 atom stereocenters. The van der Waals surface area contributed by atoms with Crippen molar-refractivity contribution in [3.63, 3.8) is 0 Å². The van der Waals surface area contributed by atoms with Crippen LogP contribution in [0.4, 0.5) is 0 Å². The Morgan fingerprint density at radius 1 is 1.25 bits per heavy atom. The van der Waals surface area contributed by atoms with Crippen LogP contribution in [0.1, 0.15) is 39.2 Å². The summed E-state index contributed by atoms with van der Waals surface area (Å²) in [6.07, 6.45) is 1.54. The lowest BCUT2D eigenvalue weighted by atomic mass is 9.87. The van der Waals surface area contributed by atoms with Gasteiger partial charge in [-0.15, -0.1) is 0 Å². The Kier molecular flexibility index (Phi) is 4.23. The third-order valence-corrected chi connectivity index (χ3v) is 5.83. The standard InChI is InChI=1S/C15H23NO3S/c1-15(2,3)12-6-8-14(9-7-12)20(18,19)16-10-4-5-13(16)11-17/h6-9,13,17H,4-5,10-11H2,1-3H3. The van der Waals surface area contributed by atoms with Gasteiger partial charge in [-0.25, -0.2) is 8.42 Å². The van der Waals surface area contributed by atoms with Crippen LogP contribution < -0.4 is 0 Å². The molecule has 20 heavy (non-hydrogen) atoms. The van der Waals surface area contributed by atoms with E-state index < -0.39 is 10.0 Å². The van der Waals surface area contributed by atoms with Crippen molar-refractivity contribution < 1.29 is 13.5 Å². The molecule has 1 aliphatic heterocycles. The Labute approximate surface area is 121 Å². The van der Waals surface area contributed by atoms with Crippen LogP contribution >= 0.6 is 0 Å². The van der Waals surface area contributed by atoms with Gasteiger partial charge in [-0.3, -0.25) is 0 Å². The van der Waals surface area contributed by atoms with Crippen LogP contribution in [0.5, 0.6) is 0 Å². The van der Waals surface area contributed by atoms with Gasteiger partial charge in [0, 0.05) is 12.6 Å². The minimum atomic E-state index is -3.49. The molecule has 5 heteroatoms. The fourth-order valence-electron chi connectivity index (χ4n) is 2.57. The molecule has 2 rings (SSSR count). The smallest absolute Gasteiger partial charge is 0.243 e. The average Bonchev–Trinajstić information content (AvgIpc) is 2.87. The van der Waals surface area contributed by atoms with Gasteiger partial charge in [-0.1, -0.05) is 32.9 Å². The third-order valence-electron chi connectivity index (χ3n) is 3.86. The topological polar surface area (TPSA) is 57.6 Å². The molecular weight excluding hydrogens is 274 g/mol. The van der Waals surface area contributed by atoms with Crippen LogP contribution in [-0.4, -0.2) is 37.0 Å². The first kappa shape index (κ1) is 15.5. The van der Waals surface area contributed by atoms with E-state index in [1.165, 1.54) is 4.31 Å². The highest BCUT2D eigenvalue weighted by molar-refractivity contribution is 7.89. The van der Waals surface area contributed by atoms with Crippen molar-refractivity contribution in [1.29, 1.82) is 0 Å². The first-order chi connectivity index (χ1) is 9.26. The maximum atomic E-state index is 12.6. The van der Waals surface area contributed by atoms with E-state index >= 15 is 0 Å². The minimum Gasteiger partial charge on any atom is -0.395 e. The monoisotopic (exact) mass is 297 g/mol. The van der Waals surface area contributed by atoms with E-state index in [4.69, 9.17) is 0 Å². The van der Waals surface area contributed by atoms with Gasteiger partial charge in [0.05, 0.1) is 11.5 Å². The number of nitrogens with zero attached hydrogens (tertiary/aromatic N) is 1. The molecule has 1 unspecified atom stereocenters. The Morgan fingerprint density at radius 3 is 2.35 bits per heavy atom. The normalized spacial score (nSPS) is 21.3. The average molecular weight is 297 g/mol. The highest BCUT2D eigenvalue weighted by Crippen LogP contribution is 2.28. The van der Waals surface area contributed by atoms with Gasteiger partial charge in [-0.05, 0) is 36.0 Å². The summed E-state index contributed by atoms with van der Waals surface area (Å²) in [5.41, 5.74) is 1.11. The summed E-state index contributed by atoms with van der Waals surface area (Å²) in [7, 11) is -3.49.